The van der Waals surface area contributed by atoms with E-state index in [1.165, 1.54) is 116 Å². The average molecular weight is 700 g/mol. The number of hydrogen-bond donors (Lipinski definition) is 2. The van der Waals surface area contributed by atoms with E-state index in [4.69, 9.17) is 24.3 Å². The number of hydrogen-bond acceptors (Lipinski definition) is 7. The summed E-state index contributed by atoms with van der Waals surface area (Å²) < 4.78 is 33.1. The fraction of sp³-hybridized carbons (Fsp3) is 0.821. The Balaban J connectivity index is 4.16. The van der Waals surface area contributed by atoms with Crippen LogP contribution in [0.15, 0.2) is 36.6 Å². The van der Waals surface area contributed by atoms with E-state index < -0.39 is 13.9 Å². The summed E-state index contributed by atoms with van der Waals surface area (Å²) in [5, 5.41) is 0. The van der Waals surface area contributed by atoms with Gasteiger partial charge in [-0.15, -0.1) is 0 Å². The molecule has 0 bridgehead atoms. The summed E-state index contributed by atoms with van der Waals surface area (Å²) in [7, 11) is -4.26. The van der Waals surface area contributed by atoms with Gasteiger partial charge in [0, 0.05) is 13.0 Å². The Morgan fingerprint density at radius 1 is 0.625 bits per heavy atom. The molecule has 0 aliphatic carbocycles. The van der Waals surface area contributed by atoms with Crippen LogP contribution in [-0.2, 0) is 27.9 Å². The fourth-order valence-electron chi connectivity index (χ4n) is 5.14. The van der Waals surface area contributed by atoms with Gasteiger partial charge in [-0.25, -0.2) is 4.57 Å². The maximum Gasteiger partial charge on any atom is 0.472 e. The smallest absolute Gasteiger partial charge is 0.472 e. The largest absolute Gasteiger partial charge is 0.492 e. The molecule has 0 fully saturated rings. The summed E-state index contributed by atoms with van der Waals surface area (Å²) in [5.41, 5.74) is 5.35. The maximum absolute atomic E-state index is 12.3. The Morgan fingerprint density at radius 2 is 1.06 bits per heavy atom. The van der Waals surface area contributed by atoms with E-state index in [9.17, 15) is 14.3 Å². The Morgan fingerprint density at radius 3 is 1.54 bits per heavy atom. The standard InChI is InChI=1S/C39H74NO7P/c1-3-5-7-9-11-13-15-17-18-19-21-23-25-27-29-31-34-44-38(37-47-48(42,43)46-35-33-40)36-45-39(41)32-30-28-26-24-22-20-16-14-12-10-8-6-4-2/h13-16,31,34,38H,3-12,17-30,32-33,35-37,40H2,1-2H3,(H,42,43). The minimum absolute atomic E-state index is 0.0705. The third-order valence-electron chi connectivity index (χ3n) is 8.12. The van der Waals surface area contributed by atoms with Gasteiger partial charge in [-0.05, 0) is 76.7 Å². The van der Waals surface area contributed by atoms with Crippen molar-refractivity contribution in [3.8, 4) is 0 Å². The van der Waals surface area contributed by atoms with Crippen molar-refractivity contribution < 1.29 is 32.8 Å². The highest BCUT2D eigenvalue weighted by atomic mass is 31.2. The molecule has 0 amide bonds. The van der Waals surface area contributed by atoms with Crippen molar-refractivity contribution in [2.24, 2.45) is 5.73 Å². The number of phosphoric ester groups is 1. The van der Waals surface area contributed by atoms with Gasteiger partial charge in [-0.1, -0.05) is 122 Å². The molecule has 0 radical (unpaired) electrons. The van der Waals surface area contributed by atoms with Crippen molar-refractivity contribution in [1.29, 1.82) is 0 Å². The van der Waals surface area contributed by atoms with Crippen LogP contribution in [0.2, 0.25) is 0 Å². The fourth-order valence-corrected chi connectivity index (χ4v) is 5.91. The third-order valence-corrected chi connectivity index (χ3v) is 9.10. The maximum atomic E-state index is 12.3. The van der Waals surface area contributed by atoms with Crippen LogP contribution in [0.1, 0.15) is 174 Å². The van der Waals surface area contributed by atoms with Gasteiger partial charge in [-0.3, -0.25) is 13.8 Å². The Kier molecular flexibility index (Phi) is 35.7. The summed E-state index contributed by atoms with van der Waals surface area (Å²) in [6.45, 7) is 4.17. The lowest BCUT2D eigenvalue weighted by molar-refractivity contribution is -0.147. The molecule has 0 saturated heterocycles. The molecule has 0 saturated carbocycles. The van der Waals surface area contributed by atoms with Crippen LogP contribution in [-0.4, -0.2) is 43.3 Å². The monoisotopic (exact) mass is 700 g/mol. The van der Waals surface area contributed by atoms with Crippen molar-refractivity contribution in [2.45, 2.75) is 180 Å². The molecule has 0 aliphatic heterocycles. The Bertz CT molecular complexity index is 833. The summed E-state index contributed by atoms with van der Waals surface area (Å²) in [4.78, 5) is 22.2. The number of allylic oxidation sites excluding steroid dienone is 5. The number of nitrogens with two attached hydrogens (primary N) is 1. The number of ether oxygens (including phenoxy) is 2. The number of carbonyl (C=O) groups excluding carboxylic acids is 1. The number of unbranched alkanes of at least 4 members (excludes halogenated alkanes) is 20. The van der Waals surface area contributed by atoms with Gasteiger partial charge in [0.2, 0.25) is 0 Å². The van der Waals surface area contributed by atoms with Crippen LogP contribution < -0.4 is 5.73 Å². The molecule has 0 aromatic heterocycles. The van der Waals surface area contributed by atoms with Crippen LogP contribution >= 0.6 is 7.82 Å². The SMILES string of the molecule is CCCCCCC=CCCCCCCCCC=COC(COC(=O)CCCCCCCC=CCCCCCC)COP(=O)(O)OCCN. The lowest BCUT2D eigenvalue weighted by atomic mass is 10.1. The van der Waals surface area contributed by atoms with Crippen molar-refractivity contribution >= 4 is 13.8 Å². The molecular formula is C39H74NO7P. The Hall–Kier alpha value is -1.44. The van der Waals surface area contributed by atoms with Gasteiger partial charge < -0.3 is 20.1 Å². The lowest BCUT2D eigenvalue weighted by Crippen LogP contribution is -2.25. The molecule has 2 atom stereocenters. The first kappa shape index (κ1) is 46.6. The predicted octanol–water partition coefficient (Wildman–Crippen LogP) is 11.4. The predicted molar refractivity (Wildman–Crippen MR) is 201 cm³/mol. The van der Waals surface area contributed by atoms with E-state index in [1.54, 1.807) is 6.26 Å². The van der Waals surface area contributed by atoms with Crippen LogP contribution in [0.25, 0.3) is 0 Å². The van der Waals surface area contributed by atoms with Gasteiger partial charge in [0.05, 0.1) is 19.5 Å². The van der Waals surface area contributed by atoms with Gasteiger partial charge in [-0.2, -0.15) is 0 Å². The summed E-state index contributed by atoms with van der Waals surface area (Å²) in [6.07, 6.45) is 41.1. The quantitative estimate of drug-likeness (QED) is 0.0216. The van der Waals surface area contributed by atoms with E-state index in [-0.39, 0.29) is 32.3 Å². The van der Waals surface area contributed by atoms with Gasteiger partial charge in [0.1, 0.15) is 6.61 Å². The van der Waals surface area contributed by atoms with Crippen molar-refractivity contribution in [2.75, 3.05) is 26.4 Å². The molecule has 0 aromatic carbocycles. The molecule has 0 aliphatic rings. The molecule has 2 unspecified atom stereocenters. The van der Waals surface area contributed by atoms with Crippen molar-refractivity contribution in [3.63, 3.8) is 0 Å². The number of esters is 1. The minimum atomic E-state index is -4.26. The lowest BCUT2D eigenvalue weighted by Gasteiger charge is -2.19. The van der Waals surface area contributed by atoms with Crippen molar-refractivity contribution in [3.05, 3.63) is 36.6 Å². The van der Waals surface area contributed by atoms with Gasteiger partial charge >= 0.3 is 13.8 Å². The second kappa shape index (κ2) is 36.8. The third kappa shape index (κ3) is 35.9. The van der Waals surface area contributed by atoms with Crippen LogP contribution in [0, 0.1) is 0 Å². The molecule has 9 heteroatoms. The summed E-state index contributed by atoms with van der Waals surface area (Å²) in [6, 6.07) is 0. The molecular weight excluding hydrogens is 625 g/mol. The van der Waals surface area contributed by atoms with E-state index in [0.29, 0.717) is 6.42 Å². The molecule has 0 aromatic rings. The Labute approximate surface area is 295 Å². The molecule has 0 rings (SSSR count). The van der Waals surface area contributed by atoms with Crippen LogP contribution in [0.5, 0.6) is 0 Å². The molecule has 8 nitrogen and oxygen atoms in total. The normalized spacial score (nSPS) is 13.9. The highest BCUT2D eigenvalue weighted by Crippen LogP contribution is 2.43. The van der Waals surface area contributed by atoms with E-state index >= 15 is 0 Å². The minimum Gasteiger partial charge on any atom is -0.492 e. The van der Waals surface area contributed by atoms with Crippen molar-refractivity contribution in [1.82, 2.24) is 0 Å². The van der Waals surface area contributed by atoms with Gasteiger partial charge in [0.15, 0.2) is 6.10 Å². The zero-order valence-corrected chi connectivity index (χ0v) is 31.9. The first-order valence-electron chi connectivity index (χ1n) is 19.5. The van der Waals surface area contributed by atoms with E-state index in [0.717, 1.165) is 38.5 Å². The number of phosphoric acid groups is 1. The summed E-state index contributed by atoms with van der Waals surface area (Å²) in [5.74, 6) is -0.302. The molecule has 282 valence electrons. The molecule has 3 N–H and O–H groups in total. The second-order valence-corrected chi connectivity index (χ2v) is 14.3. The second-order valence-electron chi connectivity index (χ2n) is 12.8. The molecule has 0 heterocycles. The van der Waals surface area contributed by atoms with Gasteiger partial charge in [0.25, 0.3) is 0 Å². The first-order valence-corrected chi connectivity index (χ1v) is 21.0. The highest BCUT2D eigenvalue weighted by Gasteiger charge is 2.24. The van der Waals surface area contributed by atoms with Crippen LogP contribution in [0.4, 0.5) is 0 Å². The first-order chi connectivity index (χ1) is 23.4. The zero-order chi connectivity index (χ0) is 35.2. The summed E-state index contributed by atoms with van der Waals surface area (Å²) >= 11 is 0. The number of carbonyl (C=O) groups is 1. The highest BCUT2D eigenvalue weighted by molar-refractivity contribution is 7.47. The van der Waals surface area contributed by atoms with Crippen LogP contribution in [0.3, 0.4) is 0 Å². The number of rotatable bonds is 37. The zero-order valence-electron chi connectivity index (χ0n) is 31.0. The molecule has 0 spiro atoms. The van der Waals surface area contributed by atoms with E-state index in [1.807, 2.05) is 6.08 Å². The average Bonchev–Trinajstić information content (AvgIpc) is 3.08. The molecule has 48 heavy (non-hydrogen) atoms. The van der Waals surface area contributed by atoms with E-state index in [2.05, 4.69) is 38.2 Å². The topological polar surface area (TPSA) is 117 Å².